The number of ether oxygens (including phenoxy) is 1. The summed E-state index contributed by atoms with van der Waals surface area (Å²) in [6, 6.07) is 5.28. The number of hydrogen-bond donors (Lipinski definition) is 2. The summed E-state index contributed by atoms with van der Waals surface area (Å²) in [4.78, 5) is 24.1. The molecule has 9 heteroatoms. The van der Waals surface area contributed by atoms with Gasteiger partial charge < -0.3 is 10.1 Å². The third-order valence-corrected chi connectivity index (χ3v) is 5.14. The van der Waals surface area contributed by atoms with Crippen LogP contribution in [0.1, 0.15) is 18.4 Å². The molecule has 0 aliphatic carbocycles. The molecule has 1 atom stereocenters. The second-order valence-electron chi connectivity index (χ2n) is 5.85. The van der Waals surface area contributed by atoms with E-state index in [0.29, 0.717) is 22.4 Å². The van der Waals surface area contributed by atoms with Gasteiger partial charge in [0.15, 0.2) is 5.16 Å². The predicted molar refractivity (Wildman–Crippen MR) is 97.4 cm³/mol. The van der Waals surface area contributed by atoms with E-state index in [4.69, 9.17) is 16.3 Å². The number of carbonyl (C=O) groups is 1. The molecule has 1 unspecified atom stereocenters. The van der Waals surface area contributed by atoms with E-state index in [-0.39, 0.29) is 23.5 Å². The van der Waals surface area contributed by atoms with Gasteiger partial charge in [0.05, 0.1) is 18.4 Å². The third-order valence-electron chi connectivity index (χ3n) is 3.93. The highest BCUT2D eigenvalue weighted by Crippen LogP contribution is 2.21. The molecule has 2 heterocycles. The van der Waals surface area contributed by atoms with Crippen molar-refractivity contribution in [2.45, 2.75) is 37.6 Å². The summed E-state index contributed by atoms with van der Waals surface area (Å²) in [6.45, 7) is 3.06. The van der Waals surface area contributed by atoms with Crippen molar-refractivity contribution in [3.05, 3.63) is 39.3 Å². The number of amides is 1. The Kier molecular flexibility index (Phi) is 5.82. The van der Waals surface area contributed by atoms with Crippen LogP contribution < -0.4 is 11.0 Å². The molecule has 0 spiro atoms. The number of rotatable bonds is 6. The van der Waals surface area contributed by atoms with Crippen LogP contribution in [-0.4, -0.2) is 39.1 Å². The molecule has 134 valence electrons. The lowest BCUT2D eigenvalue weighted by Crippen LogP contribution is -2.25. The van der Waals surface area contributed by atoms with Crippen molar-refractivity contribution >= 4 is 35.0 Å². The van der Waals surface area contributed by atoms with Crippen LogP contribution in [0, 0.1) is 6.92 Å². The summed E-state index contributed by atoms with van der Waals surface area (Å²) < 4.78 is 7.09. The van der Waals surface area contributed by atoms with Crippen molar-refractivity contribution < 1.29 is 9.53 Å². The molecule has 1 saturated heterocycles. The molecule has 1 aliphatic rings. The van der Waals surface area contributed by atoms with Gasteiger partial charge in [0.1, 0.15) is 0 Å². The number of thioether (sulfide) groups is 1. The van der Waals surface area contributed by atoms with Gasteiger partial charge in [0.25, 0.3) is 0 Å². The molecule has 1 aromatic heterocycles. The summed E-state index contributed by atoms with van der Waals surface area (Å²) in [5, 5.41) is 10.4. The molecule has 1 amide bonds. The minimum atomic E-state index is -0.285. The number of aromatic amines is 1. The van der Waals surface area contributed by atoms with Crippen molar-refractivity contribution in [2.24, 2.45) is 0 Å². The fourth-order valence-electron chi connectivity index (χ4n) is 2.65. The average Bonchev–Trinajstić information content (AvgIpc) is 3.20. The molecular weight excluding hydrogens is 364 g/mol. The maximum absolute atomic E-state index is 12.2. The fraction of sp³-hybridized carbons (Fsp3) is 0.438. The zero-order chi connectivity index (χ0) is 17.8. The smallest absolute Gasteiger partial charge is 0.344 e. The van der Waals surface area contributed by atoms with Crippen LogP contribution in [0.3, 0.4) is 0 Å². The summed E-state index contributed by atoms with van der Waals surface area (Å²) in [6.07, 6.45) is 1.96. The second-order valence-corrected chi connectivity index (χ2v) is 7.23. The molecule has 0 bridgehead atoms. The molecule has 1 aromatic carbocycles. The molecule has 2 N–H and O–H groups in total. The molecule has 7 nitrogen and oxygen atoms in total. The van der Waals surface area contributed by atoms with Gasteiger partial charge in [0.2, 0.25) is 5.91 Å². The first-order chi connectivity index (χ1) is 12.0. The van der Waals surface area contributed by atoms with Crippen LogP contribution in [0.2, 0.25) is 5.02 Å². The average molecular weight is 383 g/mol. The van der Waals surface area contributed by atoms with Gasteiger partial charge in [-0.25, -0.2) is 9.89 Å². The van der Waals surface area contributed by atoms with Gasteiger partial charge in [-0.15, -0.1) is 5.10 Å². The van der Waals surface area contributed by atoms with E-state index in [0.717, 1.165) is 25.0 Å². The van der Waals surface area contributed by atoms with Crippen molar-refractivity contribution in [1.82, 2.24) is 14.8 Å². The molecule has 1 fully saturated rings. The number of H-pyrrole nitrogens is 1. The Balaban J connectivity index is 1.59. The fourth-order valence-corrected chi connectivity index (χ4v) is 3.63. The lowest BCUT2D eigenvalue weighted by Gasteiger charge is -2.11. The number of hydrogen-bond acceptors (Lipinski definition) is 5. The standard InChI is InChI=1S/C16H19ClN4O3S/c1-10-7-11(17)4-5-13(10)18-14(22)9-25-16-20-19-15(23)21(16)8-12-3-2-6-24-12/h4-5,7,12H,2-3,6,8-9H2,1H3,(H,18,22)(H,19,23). The molecule has 3 rings (SSSR count). The summed E-state index contributed by atoms with van der Waals surface area (Å²) in [5.74, 6) is -0.0210. The van der Waals surface area contributed by atoms with Crippen LogP contribution in [0.25, 0.3) is 0 Å². The van der Waals surface area contributed by atoms with Crippen molar-refractivity contribution in [3.63, 3.8) is 0 Å². The number of aromatic nitrogens is 3. The lowest BCUT2D eigenvalue weighted by molar-refractivity contribution is -0.113. The number of aryl methyl sites for hydroxylation is 1. The third kappa shape index (κ3) is 4.65. The molecule has 25 heavy (non-hydrogen) atoms. The quantitative estimate of drug-likeness (QED) is 0.749. The van der Waals surface area contributed by atoms with E-state index in [9.17, 15) is 9.59 Å². The second kappa shape index (κ2) is 8.07. The normalized spacial score (nSPS) is 17.0. The Morgan fingerprint density at radius 1 is 1.56 bits per heavy atom. The van der Waals surface area contributed by atoms with Gasteiger partial charge in [0, 0.05) is 17.3 Å². The summed E-state index contributed by atoms with van der Waals surface area (Å²) in [7, 11) is 0. The van der Waals surface area contributed by atoms with Crippen molar-refractivity contribution in [3.8, 4) is 0 Å². The monoisotopic (exact) mass is 382 g/mol. The van der Waals surface area contributed by atoms with Crippen molar-refractivity contribution in [2.75, 3.05) is 17.7 Å². The van der Waals surface area contributed by atoms with Crippen LogP contribution in [0.15, 0.2) is 28.2 Å². The number of nitrogens with one attached hydrogen (secondary N) is 2. The van der Waals surface area contributed by atoms with E-state index in [1.165, 1.54) is 16.3 Å². The summed E-state index contributed by atoms with van der Waals surface area (Å²) in [5.41, 5.74) is 1.32. The van der Waals surface area contributed by atoms with Crippen LogP contribution in [0.4, 0.5) is 5.69 Å². The predicted octanol–water partition coefficient (Wildman–Crippen LogP) is 2.44. The Morgan fingerprint density at radius 2 is 2.40 bits per heavy atom. The Hall–Kier alpha value is -1.77. The number of carbonyl (C=O) groups excluding carboxylic acids is 1. The minimum Gasteiger partial charge on any atom is -0.376 e. The maximum atomic E-state index is 12.2. The highest BCUT2D eigenvalue weighted by molar-refractivity contribution is 7.99. The van der Waals surface area contributed by atoms with Crippen LogP contribution in [-0.2, 0) is 16.1 Å². The van der Waals surface area contributed by atoms with Crippen LogP contribution >= 0.6 is 23.4 Å². The van der Waals surface area contributed by atoms with Gasteiger partial charge in [-0.1, -0.05) is 23.4 Å². The first-order valence-corrected chi connectivity index (χ1v) is 9.35. The van der Waals surface area contributed by atoms with E-state index in [1.807, 2.05) is 6.92 Å². The topological polar surface area (TPSA) is 89.0 Å². The van der Waals surface area contributed by atoms with Crippen molar-refractivity contribution in [1.29, 1.82) is 0 Å². The van der Waals surface area contributed by atoms with Gasteiger partial charge in [-0.05, 0) is 43.5 Å². The van der Waals surface area contributed by atoms with Crippen LogP contribution in [0.5, 0.6) is 0 Å². The SMILES string of the molecule is Cc1cc(Cl)ccc1NC(=O)CSc1n[nH]c(=O)n1CC1CCCO1. The zero-order valence-electron chi connectivity index (χ0n) is 13.8. The first-order valence-electron chi connectivity index (χ1n) is 7.98. The number of nitrogens with zero attached hydrogens (tertiary/aromatic N) is 2. The van der Waals surface area contributed by atoms with Gasteiger partial charge >= 0.3 is 5.69 Å². The molecule has 1 aliphatic heterocycles. The number of anilines is 1. The van der Waals surface area contributed by atoms with E-state index >= 15 is 0 Å². The van der Waals surface area contributed by atoms with E-state index in [2.05, 4.69) is 15.5 Å². The van der Waals surface area contributed by atoms with Gasteiger partial charge in [-0.2, -0.15) is 0 Å². The largest absolute Gasteiger partial charge is 0.376 e. The Labute approximate surface area is 154 Å². The van der Waals surface area contributed by atoms with E-state index < -0.39 is 0 Å². The molecule has 0 saturated carbocycles. The molecule has 0 radical (unpaired) electrons. The molecule has 2 aromatic rings. The lowest BCUT2D eigenvalue weighted by atomic mass is 10.2. The first kappa shape index (κ1) is 18.0. The van der Waals surface area contributed by atoms with E-state index in [1.54, 1.807) is 18.2 Å². The highest BCUT2D eigenvalue weighted by Gasteiger charge is 2.20. The number of halogens is 1. The number of benzene rings is 1. The zero-order valence-corrected chi connectivity index (χ0v) is 15.3. The van der Waals surface area contributed by atoms with Gasteiger partial charge in [-0.3, -0.25) is 9.36 Å². The maximum Gasteiger partial charge on any atom is 0.344 e. The Morgan fingerprint density at radius 3 is 3.12 bits per heavy atom. The molecular formula is C16H19ClN4O3S. The summed E-state index contributed by atoms with van der Waals surface area (Å²) >= 11 is 7.13. The highest BCUT2D eigenvalue weighted by atomic mass is 35.5. The minimum absolute atomic E-state index is 0.0280. The Bertz CT molecular complexity index is 814.